The van der Waals surface area contributed by atoms with Gasteiger partial charge in [0.25, 0.3) is 0 Å². The van der Waals surface area contributed by atoms with Crippen LogP contribution in [0.3, 0.4) is 0 Å². The maximum absolute atomic E-state index is 9.79. The molecule has 6 aromatic carbocycles. The summed E-state index contributed by atoms with van der Waals surface area (Å²) in [7, 11) is 0.522. The van der Waals surface area contributed by atoms with E-state index in [0.29, 0.717) is 36.0 Å². The Morgan fingerprint density at radius 3 is 1.22 bits per heavy atom. The second kappa shape index (κ2) is 51.1. The van der Waals surface area contributed by atoms with Crippen LogP contribution in [0.25, 0.3) is 38.7 Å². The fraction of sp³-hybridized carbons (Fsp3) is 0.696. The first-order valence-corrected chi connectivity index (χ1v) is 64.7. The van der Waals surface area contributed by atoms with Crippen molar-refractivity contribution in [2.45, 2.75) is 498 Å². The summed E-state index contributed by atoms with van der Waals surface area (Å²) < 4.78 is 2.22. The molecule has 4 atom stereocenters. The Bertz CT molecular complexity index is 4390. The fourth-order valence-corrected chi connectivity index (χ4v) is 51.2. The van der Waals surface area contributed by atoms with Gasteiger partial charge in [-0.3, -0.25) is 0 Å². The van der Waals surface area contributed by atoms with Gasteiger partial charge in [-0.1, -0.05) is 420 Å². The van der Waals surface area contributed by atoms with E-state index in [2.05, 4.69) is 308 Å². The van der Waals surface area contributed by atoms with Crippen molar-refractivity contribution in [2.75, 3.05) is 12.8 Å². The molecule has 1 N–H and O–H groups in total. The standard InChI is InChI=1S/C33H49P.C24H39P.C20H38P2.C20H27P.C15H13N.C8H19OP.C5H10.Fe/c1-23(2)26-21-30(24(3)4)33(31(22-26)25(5)6)29-19-13-14-20-32(29)34(27-15-9-7-10-16-27)28-17-11-8-12-18-28;1-2-3-4-25(23-11-17-5-18(12-23)7-19(6-17)13-23)24-14-20-8-21(15-24)10-22(9-20)16-24;1-16(21-2)19-14-9-15-20(19)22(17-10-5-3-6-11-17)18-12-7-4-8-13-18;1-19(2,3)21(20(4,5)6)18-15-11-10-14-17(18)16-12-8-7-9-13-16;1-12-6-5-11-16(12)15-10-4-8-13-7-2-3-9-14(13)15;1-7(2,3)10(9)8(4,5)6;1-2-4-5-3-1;/h13-14,19-25,27-28H,7-12,15-18H2,1-6H3;17-22H,2-16H2,1H3;16-21H,3-15H2,1-2H3;7-15H,1-6H3;2-11H,1H3;9H,1-6H3;1-5H2;/t;;16-,19?,20?;;;;;/m..1...../s1. The van der Waals surface area contributed by atoms with E-state index in [9.17, 15) is 4.89 Å². The summed E-state index contributed by atoms with van der Waals surface area (Å²) in [6, 6.07) is 53.7. The van der Waals surface area contributed by atoms with Crippen LogP contribution in [0.4, 0.5) is 0 Å². The predicted molar refractivity (Wildman–Crippen MR) is 606 cm³/mol. The van der Waals surface area contributed by atoms with Crippen LogP contribution < -0.4 is 10.6 Å². The van der Waals surface area contributed by atoms with Crippen LogP contribution in [0.2, 0.25) is 0 Å². The molecular formula is C125H195FeNOP6. The average Bonchev–Trinajstić information content (AvgIpc) is 0.711. The minimum absolute atomic E-state index is 0. The van der Waals surface area contributed by atoms with Crippen LogP contribution >= 0.6 is 48.4 Å². The van der Waals surface area contributed by atoms with Crippen molar-refractivity contribution in [3.05, 3.63) is 174 Å². The molecule has 3 unspecified atom stereocenters. The first-order chi connectivity index (χ1) is 63.6. The third kappa shape index (κ3) is 28.8. The maximum Gasteiger partial charge on any atom is 0.0530 e. The number of rotatable bonds is 20. The smallest absolute Gasteiger partial charge is 0.0530 e. The summed E-state index contributed by atoms with van der Waals surface area (Å²) in [5.74, 6) is 9.71. The molecule has 2 nitrogen and oxygen atoms in total. The number of aromatic nitrogens is 1. The number of fused-ring (bicyclic) bond motifs is 1. The fourth-order valence-electron chi connectivity index (χ4n) is 29.7. The van der Waals surface area contributed by atoms with E-state index in [1.54, 1.807) is 188 Å². The number of hydrogen-bond acceptors (Lipinski definition) is 1. The molecule has 0 amide bonds. The Hall–Kier alpha value is -2.08. The minimum atomic E-state index is -0.863. The average molecular weight is 1970 g/mol. The molecule has 21 rings (SSSR count). The molecule has 7 aromatic rings. The van der Waals surface area contributed by atoms with Crippen molar-refractivity contribution in [3.63, 3.8) is 0 Å². The Kier molecular flexibility index (Phi) is 42.2. The predicted octanol–water partition coefficient (Wildman–Crippen LogP) is 39.6. The normalized spacial score (nSPS) is 26.1. The Balaban J connectivity index is 0.000000147. The Morgan fingerprint density at radius 1 is 0.418 bits per heavy atom. The zero-order chi connectivity index (χ0) is 95.0. The first-order valence-electron chi connectivity index (χ1n) is 55.9. The van der Waals surface area contributed by atoms with Crippen LogP contribution in [0.15, 0.2) is 152 Å². The van der Waals surface area contributed by atoms with Gasteiger partial charge in [-0.2, -0.15) is 0 Å². The minimum Gasteiger partial charge on any atom is -0.373 e. The molecule has 744 valence electrons. The summed E-state index contributed by atoms with van der Waals surface area (Å²) in [5.41, 5.74) is 19.5. The van der Waals surface area contributed by atoms with Gasteiger partial charge in [0.05, 0.1) is 5.69 Å². The van der Waals surface area contributed by atoms with Gasteiger partial charge in [0.2, 0.25) is 0 Å². The van der Waals surface area contributed by atoms with Gasteiger partial charge < -0.3 is 9.46 Å². The zero-order valence-electron chi connectivity index (χ0n) is 89.6. The molecule has 0 aliphatic heterocycles. The van der Waals surface area contributed by atoms with E-state index in [4.69, 9.17) is 0 Å². The Labute approximate surface area is 843 Å². The SMILES string of the molecule is C1CCCC1.CC(C)(C)P(O)C(C)(C)C.CC(C)(C)P(c1ccccc1-c1ccccc1)C(C)(C)C.CC(C)c1cc(C(C)C)c(-c2ccccc2P(C2CCCCC2)C2CCCCC2)c(C(C)C)c1.CCCCP(C12CC3CC(CC(C3)C1)C2)C12CC3CC(CC(C3)C1)C2.CP[C@H](C)C1CCCC1P(C1CCCCC1)C1CCCCC1.Cc1cccn1-c1cccc2ccccc12.[Fe]. The summed E-state index contributed by atoms with van der Waals surface area (Å²) in [5, 5.41) is 8.32. The molecule has 1 aromatic heterocycles. The first kappa shape index (κ1) is 111. The quantitative estimate of drug-likeness (QED) is 0.0597. The van der Waals surface area contributed by atoms with E-state index in [0.717, 1.165) is 68.7 Å². The molecule has 14 aliphatic rings. The van der Waals surface area contributed by atoms with E-state index in [1.807, 2.05) is 0 Å². The zero-order valence-corrected chi connectivity index (χ0v) is 96.1. The van der Waals surface area contributed by atoms with E-state index < -0.39 is 8.15 Å². The number of unbranched alkanes of at least 4 members (excludes halogenated alkanes) is 1. The van der Waals surface area contributed by atoms with Crippen LogP contribution in [0.5, 0.6) is 0 Å². The van der Waals surface area contributed by atoms with Crippen LogP contribution in [-0.4, -0.2) is 87.2 Å². The molecule has 9 heteroatoms. The van der Waals surface area contributed by atoms with E-state index in [-0.39, 0.29) is 51.1 Å². The van der Waals surface area contributed by atoms with Crippen LogP contribution in [-0.2, 0) is 17.1 Å². The molecule has 134 heavy (non-hydrogen) atoms. The number of nitrogens with zero attached hydrogens (tertiary/aromatic N) is 1. The van der Waals surface area contributed by atoms with Gasteiger partial charge in [0, 0.05) is 52.8 Å². The van der Waals surface area contributed by atoms with Crippen molar-refractivity contribution in [1.82, 2.24) is 4.57 Å². The van der Waals surface area contributed by atoms with Crippen molar-refractivity contribution in [3.8, 4) is 27.9 Å². The number of benzene rings is 6. The maximum atomic E-state index is 9.79. The monoisotopic (exact) mass is 1970 g/mol. The van der Waals surface area contributed by atoms with Gasteiger partial charge in [0.1, 0.15) is 0 Å². The molecule has 0 saturated heterocycles. The molecule has 14 aliphatic carbocycles. The molecule has 0 radical (unpaired) electrons. The number of hydrogen-bond donors (Lipinski definition) is 1. The molecule has 14 fully saturated rings. The second-order valence-corrected chi connectivity index (χ2v) is 67.7. The Morgan fingerprint density at radius 2 is 0.821 bits per heavy atom. The van der Waals surface area contributed by atoms with Crippen molar-refractivity contribution >= 4 is 69.8 Å². The number of aryl methyl sites for hydroxylation is 1. The summed E-state index contributed by atoms with van der Waals surface area (Å²) in [6.07, 6.45) is 69.3. The second-order valence-electron chi connectivity index (χ2n) is 50.1. The van der Waals surface area contributed by atoms with Crippen molar-refractivity contribution in [2.24, 2.45) is 41.4 Å². The van der Waals surface area contributed by atoms with E-state index >= 15 is 0 Å². The largest absolute Gasteiger partial charge is 0.373 e. The van der Waals surface area contributed by atoms with Gasteiger partial charge in [-0.15, -0.1) is 8.58 Å². The molecule has 8 bridgehead atoms. The van der Waals surface area contributed by atoms with Gasteiger partial charge in [-0.05, 0) is 354 Å². The van der Waals surface area contributed by atoms with Gasteiger partial charge >= 0.3 is 0 Å². The van der Waals surface area contributed by atoms with Gasteiger partial charge in [-0.25, -0.2) is 0 Å². The van der Waals surface area contributed by atoms with Crippen LogP contribution in [0.1, 0.15) is 448 Å². The molecule has 1 heterocycles. The van der Waals surface area contributed by atoms with Gasteiger partial charge in [0.15, 0.2) is 0 Å². The van der Waals surface area contributed by atoms with Crippen LogP contribution in [0, 0.1) is 48.3 Å². The van der Waals surface area contributed by atoms with E-state index in [1.165, 1.54) is 185 Å². The topological polar surface area (TPSA) is 25.2 Å². The summed E-state index contributed by atoms with van der Waals surface area (Å²) >= 11 is 0. The molecular weight excluding hydrogens is 1770 g/mol. The summed E-state index contributed by atoms with van der Waals surface area (Å²) in [6.45, 7) is 50.7. The van der Waals surface area contributed by atoms with Crippen molar-refractivity contribution in [1.29, 1.82) is 0 Å². The summed E-state index contributed by atoms with van der Waals surface area (Å²) in [4.78, 5) is 9.79. The molecule has 14 saturated carbocycles. The third-order valence-corrected chi connectivity index (χ3v) is 53.8. The third-order valence-electron chi connectivity index (χ3n) is 34.5. The van der Waals surface area contributed by atoms with Crippen molar-refractivity contribution < 1.29 is 22.0 Å². The molecule has 0 spiro atoms.